The fourth-order valence-corrected chi connectivity index (χ4v) is 3.84. The van der Waals surface area contributed by atoms with E-state index in [0.29, 0.717) is 19.5 Å². The number of aryl methyl sites for hydroxylation is 1. The van der Waals surface area contributed by atoms with Gasteiger partial charge in [-0.1, -0.05) is 18.2 Å². The first-order valence-corrected chi connectivity index (χ1v) is 9.92. The molecule has 1 fully saturated rings. The van der Waals surface area contributed by atoms with Crippen molar-refractivity contribution in [2.75, 3.05) is 26.7 Å². The van der Waals surface area contributed by atoms with Crippen molar-refractivity contribution >= 4 is 22.9 Å². The standard InChI is InChI=1S/C22H31N3O3/c1-15-18(17-8-6-7-9-19(17)23-15)12-20(26)25-11-10-16(14-25)13-24(5)21(27)28-22(2,3)4/h6-9,16,23H,10-14H2,1-5H3. The van der Waals surface area contributed by atoms with E-state index in [2.05, 4.69) is 11.1 Å². The quantitative estimate of drug-likeness (QED) is 0.872. The van der Waals surface area contributed by atoms with Crippen LogP contribution in [0.5, 0.6) is 0 Å². The van der Waals surface area contributed by atoms with E-state index in [1.54, 1.807) is 11.9 Å². The van der Waals surface area contributed by atoms with Gasteiger partial charge in [0.2, 0.25) is 5.91 Å². The van der Waals surface area contributed by atoms with Crippen LogP contribution < -0.4 is 0 Å². The van der Waals surface area contributed by atoms with Gasteiger partial charge in [-0.05, 0) is 51.7 Å². The maximum atomic E-state index is 12.9. The molecule has 1 saturated heterocycles. The van der Waals surface area contributed by atoms with Crippen molar-refractivity contribution in [3.05, 3.63) is 35.5 Å². The Kier molecular flexibility index (Phi) is 5.68. The normalized spacial score (nSPS) is 17.2. The van der Waals surface area contributed by atoms with Gasteiger partial charge in [0.05, 0.1) is 6.42 Å². The lowest BCUT2D eigenvalue weighted by Gasteiger charge is -2.26. The maximum absolute atomic E-state index is 12.9. The maximum Gasteiger partial charge on any atom is 0.410 e. The van der Waals surface area contributed by atoms with Crippen LogP contribution in [0.2, 0.25) is 0 Å². The largest absolute Gasteiger partial charge is 0.444 e. The molecule has 1 aromatic carbocycles. The van der Waals surface area contributed by atoms with E-state index < -0.39 is 5.60 Å². The van der Waals surface area contributed by atoms with Crippen LogP contribution in [0.25, 0.3) is 10.9 Å². The minimum Gasteiger partial charge on any atom is -0.444 e. The van der Waals surface area contributed by atoms with Crippen LogP contribution in [-0.4, -0.2) is 59.1 Å². The van der Waals surface area contributed by atoms with Crippen molar-refractivity contribution in [2.45, 2.75) is 46.1 Å². The Bertz CT molecular complexity index is 866. The molecular formula is C22H31N3O3. The molecule has 152 valence electrons. The third-order valence-corrected chi connectivity index (χ3v) is 5.23. The zero-order valence-electron chi connectivity index (χ0n) is 17.5. The molecule has 2 heterocycles. The van der Waals surface area contributed by atoms with E-state index in [1.165, 1.54) is 0 Å². The number of amides is 2. The van der Waals surface area contributed by atoms with Crippen molar-refractivity contribution in [1.29, 1.82) is 0 Å². The molecule has 1 aliphatic rings. The summed E-state index contributed by atoms with van der Waals surface area (Å²) in [6.07, 6.45) is 1.00. The highest BCUT2D eigenvalue weighted by Crippen LogP contribution is 2.25. The highest BCUT2D eigenvalue weighted by molar-refractivity contribution is 5.90. The van der Waals surface area contributed by atoms with Crippen LogP contribution in [0, 0.1) is 12.8 Å². The number of rotatable bonds is 4. The molecule has 0 saturated carbocycles. The van der Waals surface area contributed by atoms with E-state index in [-0.39, 0.29) is 17.9 Å². The highest BCUT2D eigenvalue weighted by atomic mass is 16.6. The fourth-order valence-electron chi connectivity index (χ4n) is 3.84. The second-order valence-electron chi connectivity index (χ2n) is 8.81. The van der Waals surface area contributed by atoms with Crippen molar-refractivity contribution in [1.82, 2.24) is 14.8 Å². The Morgan fingerprint density at radius 3 is 2.71 bits per heavy atom. The molecular weight excluding hydrogens is 354 g/mol. The lowest BCUT2D eigenvalue weighted by atomic mass is 10.1. The molecule has 3 rings (SSSR count). The third kappa shape index (κ3) is 4.66. The molecule has 0 aliphatic carbocycles. The molecule has 0 spiro atoms. The van der Waals surface area contributed by atoms with Crippen molar-refractivity contribution < 1.29 is 14.3 Å². The van der Waals surface area contributed by atoms with Crippen LogP contribution >= 0.6 is 0 Å². The van der Waals surface area contributed by atoms with Crippen molar-refractivity contribution in [2.24, 2.45) is 5.92 Å². The Morgan fingerprint density at radius 2 is 2.00 bits per heavy atom. The van der Waals surface area contributed by atoms with E-state index in [1.807, 2.05) is 50.8 Å². The number of nitrogens with one attached hydrogen (secondary N) is 1. The second kappa shape index (κ2) is 7.86. The number of likely N-dealkylation sites (tertiary alicyclic amines) is 1. The van der Waals surface area contributed by atoms with Crippen molar-refractivity contribution in [3.8, 4) is 0 Å². The van der Waals surface area contributed by atoms with E-state index >= 15 is 0 Å². The molecule has 0 radical (unpaired) electrons. The number of hydrogen-bond acceptors (Lipinski definition) is 3. The summed E-state index contributed by atoms with van der Waals surface area (Å²) >= 11 is 0. The molecule has 6 nitrogen and oxygen atoms in total. The molecule has 1 atom stereocenters. The lowest BCUT2D eigenvalue weighted by molar-refractivity contribution is -0.129. The van der Waals surface area contributed by atoms with E-state index in [9.17, 15) is 9.59 Å². The number of hydrogen-bond donors (Lipinski definition) is 1. The van der Waals surface area contributed by atoms with Gasteiger partial charge in [0.1, 0.15) is 5.60 Å². The monoisotopic (exact) mass is 385 g/mol. The van der Waals surface area contributed by atoms with Gasteiger partial charge in [0.15, 0.2) is 0 Å². The third-order valence-electron chi connectivity index (χ3n) is 5.23. The summed E-state index contributed by atoms with van der Waals surface area (Å²) in [5.74, 6) is 0.431. The van der Waals surface area contributed by atoms with Crippen LogP contribution in [0.15, 0.2) is 24.3 Å². The zero-order chi connectivity index (χ0) is 20.5. The number of nitrogens with zero attached hydrogens (tertiary/aromatic N) is 2. The molecule has 6 heteroatoms. The fraction of sp³-hybridized carbons (Fsp3) is 0.545. The summed E-state index contributed by atoms with van der Waals surface area (Å²) in [4.78, 5) is 31.9. The Hall–Kier alpha value is -2.50. The number of fused-ring (bicyclic) bond motifs is 1. The highest BCUT2D eigenvalue weighted by Gasteiger charge is 2.29. The van der Waals surface area contributed by atoms with Crippen LogP contribution in [-0.2, 0) is 16.0 Å². The van der Waals surface area contributed by atoms with E-state index in [4.69, 9.17) is 4.74 Å². The van der Waals surface area contributed by atoms with Gasteiger partial charge in [-0.25, -0.2) is 4.79 Å². The molecule has 1 N–H and O–H groups in total. The Labute approximate surface area is 166 Å². The van der Waals surface area contributed by atoms with Gasteiger partial charge >= 0.3 is 6.09 Å². The minimum absolute atomic E-state index is 0.148. The zero-order valence-corrected chi connectivity index (χ0v) is 17.5. The van der Waals surface area contributed by atoms with Gasteiger partial charge in [-0.2, -0.15) is 0 Å². The van der Waals surface area contributed by atoms with E-state index in [0.717, 1.165) is 35.1 Å². The molecule has 1 aliphatic heterocycles. The van der Waals surface area contributed by atoms with Crippen LogP contribution in [0.3, 0.4) is 0 Å². The predicted octanol–water partition coefficient (Wildman–Crippen LogP) is 3.73. The Morgan fingerprint density at radius 1 is 1.29 bits per heavy atom. The van der Waals surface area contributed by atoms with Gasteiger partial charge in [0.25, 0.3) is 0 Å². The first-order chi connectivity index (χ1) is 13.1. The number of H-pyrrole nitrogens is 1. The number of ether oxygens (including phenoxy) is 1. The molecule has 2 amide bonds. The number of carbonyl (C=O) groups is 2. The molecule has 1 unspecified atom stereocenters. The first-order valence-electron chi connectivity index (χ1n) is 9.92. The number of aromatic amines is 1. The number of aromatic nitrogens is 1. The summed E-state index contributed by atoms with van der Waals surface area (Å²) in [6, 6.07) is 8.09. The van der Waals surface area contributed by atoms with Crippen LogP contribution in [0.4, 0.5) is 4.79 Å². The lowest BCUT2D eigenvalue weighted by Crippen LogP contribution is -2.38. The second-order valence-corrected chi connectivity index (χ2v) is 8.81. The molecule has 28 heavy (non-hydrogen) atoms. The minimum atomic E-state index is -0.500. The molecule has 0 bridgehead atoms. The van der Waals surface area contributed by atoms with Gasteiger partial charge < -0.3 is 19.5 Å². The topological polar surface area (TPSA) is 65.6 Å². The number of benzene rings is 1. The number of carbonyl (C=O) groups excluding carboxylic acids is 2. The Balaban J connectivity index is 1.57. The summed E-state index contributed by atoms with van der Waals surface area (Å²) in [5, 5.41) is 1.12. The average molecular weight is 386 g/mol. The first kappa shape index (κ1) is 20.2. The summed E-state index contributed by atoms with van der Waals surface area (Å²) in [7, 11) is 1.76. The van der Waals surface area contributed by atoms with Crippen LogP contribution in [0.1, 0.15) is 38.4 Å². The van der Waals surface area contributed by atoms with Crippen molar-refractivity contribution in [3.63, 3.8) is 0 Å². The molecule has 1 aromatic heterocycles. The van der Waals surface area contributed by atoms with Gasteiger partial charge in [0, 0.05) is 43.3 Å². The SMILES string of the molecule is Cc1[nH]c2ccccc2c1CC(=O)N1CCC(CN(C)C(=O)OC(C)(C)C)C1. The summed E-state index contributed by atoms with van der Waals surface area (Å²) in [6.45, 7) is 9.64. The summed E-state index contributed by atoms with van der Waals surface area (Å²) < 4.78 is 5.41. The average Bonchev–Trinajstić information content (AvgIpc) is 3.18. The van der Waals surface area contributed by atoms with Gasteiger partial charge in [-0.3, -0.25) is 4.79 Å². The summed E-state index contributed by atoms with van der Waals surface area (Å²) in [5.41, 5.74) is 2.70. The smallest absolute Gasteiger partial charge is 0.410 e. The predicted molar refractivity (Wildman–Crippen MR) is 110 cm³/mol. The molecule has 2 aromatic rings. The number of para-hydroxylation sites is 1. The van der Waals surface area contributed by atoms with Gasteiger partial charge in [-0.15, -0.1) is 0 Å².